The minimum atomic E-state index is -0.243. The predicted octanol–water partition coefficient (Wildman–Crippen LogP) is 6.06. The fourth-order valence-corrected chi connectivity index (χ4v) is 3.76. The van der Waals surface area contributed by atoms with Crippen LogP contribution in [0.15, 0.2) is 82.2 Å². The van der Waals surface area contributed by atoms with Crippen LogP contribution in [0.1, 0.15) is 15.9 Å². The van der Waals surface area contributed by atoms with Gasteiger partial charge in [-0.3, -0.25) is 9.59 Å². The Morgan fingerprint density at radius 1 is 0.926 bits per heavy atom. The van der Waals surface area contributed by atoms with Crippen molar-refractivity contribution in [1.29, 1.82) is 0 Å². The van der Waals surface area contributed by atoms with Crippen LogP contribution in [0.4, 0.5) is 5.69 Å². The molecule has 0 aliphatic carbocycles. The third-order valence-electron chi connectivity index (χ3n) is 3.73. The molecule has 136 valence electrons. The molecule has 0 radical (unpaired) electrons. The Balaban J connectivity index is 1.79. The van der Waals surface area contributed by atoms with Crippen molar-refractivity contribution in [1.82, 2.24) is 0 Å². The largest absolute Gasteiger partial charge is 0.325 e. The summed E-state index contributed by atoms with van der Waals surface area (Å²) in [6.45, 7) is 0. The molecule has 0 atom stereocenters. The number of carbonyl (C=O) groups excluding carboxylic acids is 2. The third-order valence-corrected chi connectivity index (χ3v) is 5.57. The van der Waals surface area contributed by atoms with Gasteiger partial charge in [0.15, 0.2) is 5.78 Å². The second-order valence-electron chi connectivity index (χ2n) is 5.65. The molecule has 3 nitrogen and oxygen atoms in total. The first-order chi connectivity index (χ1) is 13.0. The highest BCUT2D eigenvalue weighted by Crippen LogP contribution is 2.27. The average molecular weight is 461 g/mol. The van der Waals surface area contributed by atoms with E-state index >= 15 is 0 Å². The number of anilines is 1. The van der Waals surface area contributed by atoms with Gasteiger partial charge in [0.05, 0.1) is 16.5 Å². The number of thioether (sulfide) groups is 1. The van der Waals surface area contributed by atoms with Crippen LogP contribution in [0.5, 0.6) is 0 Å². The van der Waals surface area contributed by atoms with Gasteiger partial charge in [-0.15, -0.1) is 11.8 Å². The first kappa shape index (κ1) is 19.7. The Morgan fingerprint density at radius 2 is 1.63 bits per heavy atom. The fourth-order valence-electron chi connectivity index (χ4n) is 2.46. The van der Waals surface area contributed by atoms with E-state index in [1.807, 2.05) is 30.3 Å². The maximum absolute atomic E-state index is 12.9. The topological polar surface area (TPSA) is 46.2 Å². The molecule has 0 fully saturated rings. The van der Waals surface area contributed by atoms with Gasteiger partial charge < -0.3 is 5.32 Å². The SMILES string of the molecule is O=C(CSc1ccccc1)Nc1ccc(Br)cc1C(=O)c1ccccc1Cl. The molecule has 0 aliphatic heterocycles. The van der Waals surface area contributed by atoms with Crippen LogP contribution in [0, 0.1) is 0 Å². The summed E-state index contributed by atoms with van der Waals surface area (Å²) >= 11 is 11.0. The predicted molar refractivity (Wildman–Crippen MR) is 115 cm³/mol. The molecule has 0 saturated carbocycles. The van der Waals surface area contributed by atoms with Gasteiger partial charge in [0.25, 0.3) is 0 Å². The zero-order chi connectivity index (χ0) is 19.2. The molecule has 3 aromatic carbocycles. The van der Waals surface area contributed by atoms with E-state index in [1.165, 1.54) is 11.8 Å². The number of nitrogens with one attached hydrogen (secondary N) is 1. The van der Waals surface area contributed by atoms with E-state index in [0.29, 0.717) is 21.8 Å². The normalized spacial score (nSPS) is 10.4. The summed E-state index contributed by atoms with van der Waals surface area (Å²) in [5.41, 5.74) is 1.24. The van der Waals surface area contributed by atoms with Crippen molar-refractivity contribution in [3.05, 3.63) is 93.4 Å². The molecule has 1 N–H and O–H groups in total. The molecule has 0 aromatic heterocycles. The Morgan fingerprint density at radius 3 is 2.37 bits per heavy atom. The molecule has 0 spiro atoms. The minimum Gasteiger partial charge on any atom is -0.325 e. The number of rotatable bonds is 6. The van der Waals surface area contributed by atoms with Crippen molar-refractivity contribution in [2.24, 2.45) is 0 Å². The van der Waals surface area contributed by atoms with Crippen LogP contribution in [0.25, 0.3) is 0 Å². The van der Waals surface area contributed by atoms with E-state index in [-0.39, 0.29) is 17.4 Å². The highest BCUT2D eigenvalue weighted by molar-refractivity contribution is 9.10. The molecule has 0 aliphatic rings. The highest BCUT2D eigenvalue weighted by atomic mass is 79.9. The molecule has 0 unspecified atom stereocenters. The lowest BCUT2D eigenvalue weighted by Crippen LogP contribution is -2.17. The van der Waals surface area contributed by atoms with E-state index in [1.54, 1.807) is 42.5 Å². The van der Waals surface area contributed by atoms with Crippen molar-refractivity contribution < 1.29 is 9.59 Å². The molecule has 0 bridgehead atoms. The molecule has 27 heavy (non-hydrogen) atoms. The van der Waals surface area contributed by atoms with Crippen molar-refractivity contribution in [2.75, 3.05) is 11.1 Å². The van der Waals surface area contributed by atoms with E-state index < -0.39 is 0 Å². The zero-order valence-corrected chi connectivity index (χ0v) is 17.3. The number of benzene rings is 3. The summed E-state index contributed by atoms with van der Waals surface area (Å²) in [6.07, 6.45) is 0. The first-order valence-electron chi connectivity index (χ1n) is 8.11. The van der Waals surface area contributed by atoms with E-state index in [0.717, 1.165) is 9.37 Å². The first-order valence-corrected chi connectivity index (χ1v) is 10.3. The van der Waals surface area contributed by atoms with Crippen LogP contribution in [0.3, 0.4) is 0 Å². The van der Waals surface area contributed by atoms with Crippen molar-refractivity contribution in [3.63, 3.8) is 0 Å². The standard InChI is InChI=1S/C21H15BrClNO2S/c22-14-10-11-19(24-20(25)13-27-15-6-2-1-3-7-15)17(12-14)21(26)16-8-4-5-9-18(16)23/h1-12H,13H2,(H,24,25). The zero-order valence-electron chi connectivity index (χ0n) is 14.1. The second-order valence-corrected chi connectivity index (χ2v) is 8.02. The number of ketones is 1. The summed E-state index contributed by atoms with van der Waals surface area (Å²) in [5, 5.41) is 3.21. The molecule has 0 saturated heterocycles. The van der Waals surface area contributed by atoms with Crippen molar-refractivity contribution >= 4 is 56.7 Å². The molecule has 3 rings (SSSR count). The quantitative estimate of drug-likeness (QED) is 0.359. The maximum Gasteiger partial charge on any atom is 0.234 e. The number of halogens is 2. The van der Waals surface area contributed by atoms with Gasteiger partial charge in [0.1, 0.15) is 0 Å². The van der Waals surface area contributed by atoms with Gasteiger partial charge >= 0.3 is 0 Å². The highest BCUT2D eigenvalue weighted by Gasteiger charge is 2.18. The summed E-state index contributed by atoms with van der Waals surface area (Å²) in [4.78, 5) is 26.3. The molecular formula is C21H15BrClNO2S. The van der Waals surface area contributed by atoms with Gasteiger partial charge in [0, 0.05) is 20.5 Å². The maximum atomic E-state index is 12.9. The summed E-state index contributed by atoms with van der Waals surface area (Å²) < 4.78 is 0.745. The van der Waals surface area contributed by atoms with Crippen LogP contribution >= 0.6 is 39.3 Å². The van der Waals surface area contributed by atoms with Crippen molar-refractivity contribution in [2.45, 2.75) is 4.90 Å². The molecule has 0 heterocycles. The second kappa shape index (κ2) is 9.22. The third kappa shape index (κ3) is 5.22. The number of amides is 1. The lowest BCUT2D eigenvalue weighted by Gasteiger charge is -2.12. The van der Waals surface area contributed by atoms with E-state index in [2.05, 4.69) is 21.2 Å². The minimum absolute atomic E-state index is 0.181. The van der Waals surface area contributed by atoms with E-state index in [9.17, 15) is 9.59 Å². The lowest BCUT2D eigenvalue weighted by atomic mass is 10.0. The fraction of sp³-hybridized carbons (Fsp3) is 0.0476. The molecule has 3 aromatic rings. The van der Waals surface area contributed by atoms with Gasteiger partial charge in [-0.25, -0.2) is 0 Å². The van der Waals surface area contributed by atoms with Gasteiger partial charge in [-0.2, -0.15) is 0 Å². The van der Waals surface area contributed by atoms with Crippen LogP contribution in [-0.2, 0) is 4.79 Å². The molecule has 6 heteroatoms. The summed E-state index contributed by atoms with van der Waals surface area (Å²) in [6, 6.07) is 21.7. The number of hydrogen-bond donors (Lipinski definition) is 1. The molecule has 1 amide bonds. The average Bonchev–Trinajstić information content (AvgIpc) is 2.68. The number of hydrogen-bond acceptors (Lipinski definition) is 3. The summed E-state index contributed by atoms with van der Waals surface area (Å²) in [7, 11) is 0. The Bertz CT molecular complexity index is 979. The van der Waals surface area contributed by atoms with Crippen molar-refractivity contribution in [3.8, 4) is 0 Å². The Hall–Kier alpha value is -2.08. The lowest BCUT2D eigenvalue weighted by molar-refractivity contribution is -0.113. The Labute approximate surface area is 175 Å². The van der Waals surface area contributed by atoms with Crippen LogP contribution in [0.2, 0.25) is 5.02 Å². The monoisotopic (exact) mass is 459 g/mol. The Kier molecular flexibility index (Phi) is 6.72. The number of carbonyl (C=O) groups is 2. The van der Waals surface area contributed by atoms with Crippen LogP contribution in [-0.4, -0.2) is 17.4 Å². The summed E-state index contributed by atoms with van der Waals surface area (Å²) in [5.74, 6) is -0.174. The van der Waals surface area contributed by atoms with Gasteiger partial charge in [-0.1, -0.05) is 57.9 Å². The molecular weight excluding hydrogens is 446 g/mol. The van der Waals surface area contributed by atoms with Crippen LogP contribution < -0.4 is 5.32 Å². The van der Waals surface area contributed by atoms with E-state index in [4.69, 9.17) is 11.6 Å². The smallest absolute Gasteiger partial charge is 0.234 e. The van der Waals surface area contributed by atoms with Gasteiger partial charge in [0.2, 0.25) is 5.91 Å². The van der Waals surface area contributed by atoms with Gasteiger partial charge in [-0.05, 0) is 42.5 Å².